The first-order valence-corrected chi connectivity index (χ1v) is 6.25. The molecule has 0 bridgehead atoms. The van der Waals surface area contributed by atoms with Crippen molar-refractivity contribution in [2.24, 2.45) is 11.7 Å². The third-order valence-corrected chi connectivity index (χ3v) is 3.65. The molecule has 1 aromatic heterocycles. The fourth-order valence-corrected chi connectivity index (χ4v) is 2.36. The molecule has 1 saturated carbocycles. The number of aromatic nitrogens is 2. The molecule has 5 nitrogen and oxygen atoms in total. The van der Waals surface area contributed by atoms with Gasteiger partial charge in [0.2, 0.25) is 5.91 Å². The van der Waals surface area contributed by atoms with Gasteiger partial charge >= 0.3 is 0 Å². The van der Waals surface area contributed by atoms with Crippen LogP contribution < -0.4 is 10.6 Å². The minimum absolute atomic E-state index is 0.0124. The van der Waals surface area contributed by atoms with Crippen LogP contribution in [0.2, 0.25) is 0 Å². The van der Waals surface area contributed by atoms with Gasteiger partial charge < -0.3 is 5.73 Å². The lowest BCUT2D eigenvalue weighted by molar-refractivity contribution is -0.119. The van der Waals surface area contributed by atoms with Crippen LogP contribution in [0.3, 0.4) is 0 Å². The van der Waals surface area contributed by atoms with Crippen molar-refractivity contribution in [3.8, 4) is 0 Å². The molecule has 1 aliphatic heterocycles. The Bertz CT molecular complexity index is 449. The molecule has 2 N–H and O–H groups in total. The topological polar surface area (TPSA) is 64.2 Å². The maximum atomic E-state index is 11.9. The molecule has 0 spiro atoms. The van der Waals surface area contributed by atoms with Crippen LogP contribution in [0.25, 0.3) is 0 Å². The van der Waals surface area contributed by atoms with Gasteiger partial charge in [0.05, 0.1) is 11.7 Å². The van der Waals surface area contributed by atoms with Crippen molar-refractivity contribution in [1.29, 1.82) is 0 Å². The minimum atomic E-state index is -0.395. The van der Waals surface area contributed by atoms with Gasteiger partial charge in [-0.3, -0.25) is 9.69 Å². The summed E-state index contributed by atoms with van der Waals surface area (Å²) in [7, 11) is 1.78. The molecule has 1 aromatic rings. The predicted octanol–water partition coefficient (Wildman–Crippen LogP) is 0.529. The van der Waals surface area contributed by atoms with E-state index in [1.54, 1.807) is 11.9 Å². The molecule has 92 valence electrons. The van der Waals surface area contributed by atoms with Crippen molar-refractivity contribution in [1.82, 2.24) is 9.78 Å². The first kappa shape index (κ1) is 10.8. The van der Waals surface area contributed by atoms with E-state index < -0.39 is 6.04 Å². The van der Waals surface area contributed by atoms with Crippen LogP contribution in [0.5, 0.6) is 0 Å². The summed E-state index contributed by atoms with van der Waals surface area (Å²) < 4.78 is 1.92. The fourth-order valence-electron chi connectivity index (χ4n) is 2.36. The van der Waals surface area contributed by atoms with Crippen LogP contribution in [0.4, 0.5) is 5.82 Å². The summed E-state index contributed by atoms with van der Waals surface area (Å²) in [6, 6.07) is 1.64. The predicted molar refractivity (Wildman–Crippen MR) is 64.7 cm³/mol. The Labute approximate surface area is 101 Å². The van der Waals surface area contributed by atoms with Crippen molar-refractivity contribution in [3.05, 3.63) is 11.8 Å². The first-order valence-electron chi connectivity index (χ1n) is 6.25. The number of rotatable bonds is 2. The zero-order valence-electron chi connectivity index (χ0n) is 10.1. The smallest absolute Gasteiger partial charge is 0.244 e. The number of hydrogen-bond donors (Lipinski definition) is 1. The maximum Gasteiger partial charge on any atom is 0.244 e. The normalized spacial score (nSPS) is 24.7. The number of nitrogens with zero attached hydrogens (tertiary/aromatic N) is 3. The quantitative estimate of drug-likeness (QED) is 0.811. The molecule has 1 aliphatic carbocycles. The monoisotopic (exact) mass is 234 g/mol. The van der Waals surface area contributed by atoms with E-state index >= 15 is 0 Å². The average Bonchev–Trinajstić information content (AvgIpc) is 3.03. The van der Waals surface area contributed by atoms with Crippen LogP contribution >= 0.6 is 0 Å². The lowest BCUT2D eigenvalue weighted by Gasteiger charge is -2.16. The second kappa shape index (κ2) is 3.84. The van der Waals surface area contributed by atoms with Gasteiger partial charge in [0, 0.05) is 19.7 Å². The second-order valence-corrected chi connectivity index (χ2v) is 5.16. The van der Waals surface area contributed by atoms with Crippen LogP contribution in [-0.2, 0) is 17.8 Å². The van der Waals surface area contributed by atoms with Gasteiger partial charge in [-0.25, -0.2) is 4.68 Å². The zero-order chi connectivity index (χ0) is 12.0. The summed E-state index contributed by atoms with van der Waals surface area (Å²) >= 11 is 0. The molecule has 0 aromatic carbocycles. The second-order valence-electron chi connectivity index (χ2n) is 5.16. The number of anilines is 1. The number of hydrogen-bond acceptors (Lipinski definition) is 3. The zero-order valence-corrected chi connectivity index (χ0v) is 10.1. The molecule has 1 amide bonds. The van der Waals surface area contributed by atoms with E-state index in [0.29, 0.717) is 6.42 Å². The van der Waals surface area contributed by atoms with E-state index in [2.05, 4.69) is 5.10 Å². The Kier molecular flexibility index (Phi) is 2.43. The Balaban J connectivity index is 1.88. The minimum Gasteiger partial charge on any atom is -0.320 e. The lowest BCUT2D eigenvalue weighted by atomic mass is 10.2. The molecular formula is C12H18N4O. The largest absolute Gasteiger partial charge is 0.320 e. The Morgan fingerprint density at radius 3 is 2.94 bits per heavy atom. The molecule has 3 rings (SSSR count). The van der Waals surface area contributed by atoms with Gasteiger partial charge in [0.25, 0.3) is 0 Å². The molecule has 17 heavy (non-hydrogen) atoms. The highest BCUT2D eigenvalue weighted by atomic mass is 16.2. The summed E-state index contributed by atoms with van der Waals surface area (Å²) in [4.78, 5) is 13.6. The number of nitrogens with two attached hydrogens (primary N) is 1. The van der Waals surface area contributed by atoms with Gasteiger partial charge in [-0.05, 0) is 31.6 Å². The van der Waals surface area contributed by atoms with Gasteiger partial charge in [0.1, 0.15) is 5.82 Å². The summed E-state index contributed by atoms with van der Waals surface area (Å²) in [5, 5.41) is 4.58. The third kappa shape index (κ3) is 1.95. The Morgan fingerprint density at radius 2 is 2.24 bits per heavy atom. The van der Waals surface area contributed by atoms with E-state index in [1.807, 2.05) is 10.7 Å². The fraction of sp³-hybridized carbons (Fsp3) is 0.667. The van der Waals surface area contributed by atoms with E-state index in [9.17, 15) is 4.79 Å². The molecule has 0 saturated heterocycles. The van der Waals surface area contributed by atoms with Crippen molar-refractivity contribution in [3.63, 3.8) is 0 Å². The molecule has 5 heteroatoms. The number of amides is 1. The molecule has 1 unspecified atom stereocenters. The highest BCUT2D eigenvalue weighted by Crippen LogP contribution is 2.33. The van der Waals surface area contributed by atoms with Crippen molar-refractivity contribution >= 4 is 11.7 Å². The number of fused-ring (bicyclic) bond motifs is 1. The summed E-state index contributed by atoms with van der Waals surface area (Å²) in [5.41, 5.74) is 6.91. The van der Waals surface area contributed by atoms with Crippen molar-refractivity contribution in [2.45, 2.75) is 38.3 Å². The highest BCUT2D eigenvalue weighted by molar-refractivity contribution is 5.96. The first-order chi connectivity index (χ1) is 8.15. The number of carbonyl (C=O) groups is 1. The van der Waals surface area contributed by atoms with Gasteiger partial charge in [0.15, 0.2) is 0 Å². The van der Waals surface area contributed by atoms with E-state index in [1.165, 1.54) is 12.8 Å². The highest BCUT2D eigenvalue weighted by Gasteiger charge is 2.28. The van der Waals surface area contributed by atoms with Gasteiger partial charge in [-0.1, -0.05) is 0 Å². The van der Waals surface area contributed by atoms with Crippen LogP contribution in [0, 0.1) is 5.92 Å². The maximum absolute atomic E-state index is 11.9. The molecule has 0 radical (unpaired) electrons. The molecule has 1 fully saturated rings. The van der Waals surface area contributed by atoms with Crippen LogP contribution in [-0.4, -0.2) is 28.8 Å². The SMILES string of the molecule is CN1C(=O)C(N)CCn2nc(CC3CC3)cc21. The van der Waals surface area contributed by atoms with Crippen LogP contribution in [0.1, 0.15) is 25.0 Å². The summed E-state index contributed by atoms with van der Waals surface area (Å²) in [6.45, 7) is 0.733. The van der Waals surface area contributed by atoms with E-state index in [0.717, 1.165) is 30.4 Å². The number of likely N-dealkylation sites (N-methyl/N-ethyl adjacent to an activating group) is 1. The standard InChI is InChI=1S/C12H18N4O/c1-15-11-7-9(6-8-2-3-8)14-16(11)5-4-10(13)12(15)17/h7-8,10H,2-6,13H2,1H3. The van der Waals surface area contributed by atoms with Gasteiger partial charge in [-0.15, -0.1) is 0 Å². The average molecular weight is 234 g/mol. The summed E-state index contributed by atoms with van der Waals surface area (Å²) in [6.07, 6.45) is 4.36. The Morgan fingerprint density at radius 1 is 1.47 bits per heavy atom. The van der Waals surface area contributed by atoms with Gasteiger partial charge in [-0.2, -0.15) is 5.10 Å². The Hall–Kier alpha value is -1.36. The third-order valence-electron chi connectivity index (χ3n) is 3.65. The molecular weight excluding hydrogens is 216 g/mol. The van der Waals surface area contributed by atoms with Crippen LogP contribution in [0.15, 0.2) is 6.07 Å². The molecule has 2 aliphatic rings. The number of carbonyl (C=O) groups excluding carboxylic acids is 1. The van der Waals surface area contributed by atoms with E-state index in [-0.39, 0.29) is 5.91 Å². The molecule has 2 heterocycles. The summed E-state index contributed by atoms with van der Waals surface area (Å²) in [5.74, 6) is 1.69. The molecule has 1 atom stereocenters. The van der Waals surface area contributed by atoms with Crippen molar-refractivity contribution in [2.75, 3.05) is 11.9 Å². The number of aryl methyl sites for hydroxylation is 1. The van der Waals surface area contributed by atoms with Crippen molar-refractivity contribution < 1.29 is 4.79 Å². The van der Waals surface area contributed by atoms with E-state index in [4.69, 9.17) is 5.73 Å². The lowest BCUT2D eigenvalue weighted by Crippen LogP contribution is -2.40.